The first-order valence-corrected chi connectivity index (χ1v) is 6.28. The summed E-state index contributed by atoms with van der Waals surface area (Å²) in [5.74, 6) is -0.889. The zero-order valence-electron chi connectivity index (χ0n) is 10.2. The minimum Gasteiger partial charge on any atom is -0.478 e. The molecule has 0 spiro atoms. The maximum atomic E-state index is 10.9. The molecule has 0 unspecified atom stereocenters. The molecule has 0 amide bonds. The second kappa shape index (κ2) is 5.99. The number of carboxylic acids is 1. The summed E-state index contributed by atoms with van der Waals surface area (Å²) >= 11 is 11.8. The van der Waals surface area contributed by atoms with Crippen molar-refractivity contribution in [1.82, 2.24) is 0 Å². The first-order chi connectivity index (χ1) is 9.88. The number of carboxylic acid groups (broad SMARTS) is 1. The summed E-state index contributed by atoms with van der Waals surface area (Å²) in [7, 11) is 0. The molecule has 0 fully saturated rings. The molecule has 0 aliphatic carbocycles. The molecule has 8 heteroatoms. The average Bonchev–Trinajstić information content (AvgIpc) is 2.42. The van der Waals surface area contributed by atoms with E-state index in [4.69, 9.17) is 33.0 Å². The second-order valence-corrected chi connectivity index (χ2v) is 4.75. The molecular weight excluding hydrogens is 321 g/mol. The first kappa shape index (κ1) is 15.1. The topological polar surface area (TPSA) is 89.7 Å². The third-order valence-corrected chi connectivity index (χ3v) is 3.06. The van der Waals surface area contributed by atoms with Gasteiger partial charge in [0, 0.05) is 12.1 Å². The zero-order valence-corrected chi connectivity index (χ0v) is 11.8. The Balaban J connectivity index is 2.38. The van der Waals surface area contributed by atoms with Crippen molar-refractivity contribution in [1.29, 1.82) is 0 Å². The summed E-state index contributed by atoms with van der Waals surface area (Å²) in [6.45, 7) is 0. The van der Waals surface area contributed by atoms with E-state index in [2.05, 4.69) is 0 Å². The van der Waals surface area contributed by atoms with Crippen LogP contribution in [0.2, 0.25) is 10.0 Å². The maximum absolute atomic E-state index is 10.9. The number of nitro benzene ring substituents is 1. The summed E-state index contributed by atoms with van der Waals surface area (Å²) in [5.41, 5.74) is -0.238. The number of nitro groups is 1. The standard InChI is InChI=1S/C13H7Cl2NO5/c14-10-5-8(16(19)20)6-11(15)12(10)21-9-3-1-2-7(4-9)13(17)18/h1-6H,(H,17,18). The van der Waals surface area contributed by atoms with Crippen molar-refractivity contribution in [3.63, 3.8) is 0 Å². The van der Waals surface area contributed by atoms with Crippen LogP contribution in [-0.2, 0) is 0 Å². The lowest BCUT2D eigenvalue weighted by Crippen LogP contribution is -1.96. The molecule has 0 radical (unpaired) electrons. The lowest BCUT2D eigenvalue weighted by molar-refractivity contribution is -0.384. The number of carbonyl (C=O) groups is 1. The van der Waals surface area contributed by atoms with Crippen LogP contribution in [0.25, 0.3) is 0 Å². The minimum atomic E-state index is -1.11. The third-order valence-electron chi connectivity index (χ3n) is 2.49. The highest BCUT2D eigenvalue weighted by Gasteiger charge is 2.16. The molecule has 2 rings (SSSR count). The van der Waals surface area contributed by atoms with Crippen LogP contribution in [0.3, 0.4) is 0 Å². The summed E-state index contributed by atoms with van der Waals surface area (Å²) in [6, 6.07) is 7.89. The fourth-order valence-electron chi connectivity index (χ4n) is 1.56. The minimum absolute atomic E-state index is 0.0199. The lowest BCUT2D eigenvalue weighted by atomic mass is 10.2. The molecule has 0 aliphatic rings. The van der Waals surface area contributed by atoms with Gasteiger partial charge < -0.3 is 9.84 Å². The molecule has 0 bridgehead atoms. The highest BCUT2D eigenvalue weighted by molar-refractivity contribution is 6.37. The second-order valence-electron chi connectivity index (χ2n) is 3.93. The van der Waals surface area contributed by atoms with Gasteiger partial charge in [-0.15, -0.1) is 0 Å². The molecule has 6 nitrogen and oxygen atoms in total. The molecule has 0 atom stereocenters. The van der Waals surface area contributed by atoms with Gasteiger partial charge in [-0.1, -0.05) is 29.3 Å². The first-order valence-electron chi connectivity index (χ1n) is 5.53. The van der Waals surface area contributed by atoms with Gasteiger partial charge in [0.2, 0.25) is 0 Å². The van der Waals surface area contributed by atoms with E-state index in [1.165, 1.54) is 24.3 Å². The summed E-state index contributed by atoms with van der Waals surface area (Å²) in [4.78, 5) is 20.9. The van der Waals surface area contributed by atoms with Crippen LogP contribution in [0.1, 0.15) is 10.4 Å². The number of nitrogens with zero attached hydrogens (tertiary/aromatic N) is 1. The van der Waals surface area contributed by atoms with E-state index >= 15 is 0 Å². The monoisotopic (exact) mass is 327 g/mol. The van der Waals surface area contributed by atoms with Gasteiger partial charge in [-0.3, -0.25) is 10.1 Å². The van der Waals surface area contributed by atoms with Gasteiger partial charge in [-0.05, 0) is 18.2 Å². The van der Waals surface area contributed by atoms with Crippen molar-refractivity contribution in [2.45, 2.75) is 0 Å². The molecule has 0 heterocycles. The van der Waals surface area contributed by atoms with Gasteiger partial charge in [0.25, 0.3) is 5.69 Å². The fraction of sp³-hybridized carbons (Fsp3) is 0. The van der Waals surface area contributed by atoms with Crippen LogP contribution in [0.4, 0.5) is 5.69 Å². The smallest absolute Gasteiger partial charge is 0.335 e. The van der Waals surface area contributed by atoms with Crippen LogP contribution in [0.15, 0.2) is 36.4 Å². The van der Waals surface area contributed by atoms with E-state index in [9.17, 15) is 14.9 Å². The van der Waals surface area contributed by atoms with Crippen LogP contribution in [0, 0.1) is 10.1 Å². The van der Waals surface area contributed by atoms with Crippen LogP contribution in [0.5, 0.6) is 11.5 Å². The number of hydrogen-bond donors (Lipinski definition) is 1. The van der Waals surface area contributed by atoms with Crippen LogP contribution < -0.4 is 4.74 Å². The Bertz CT molecular complexity index is 709. The van der Waals surface area contributed by atoms with E-state index in [0.717, 1.165) is 12.1 Å². The van der Waals surface area contributed by atoms with Crippen molar-refractivity contribution in [3.05, 3.63) is 62.1 Å². The summed E-state index contributed by atoms with van der Waals surface area (Å²) in [6.07, 6.45) is 0. The predicted molar refractivity (Wildman–Crippen MR) is 76.6 cm³/mol. The average molecular weight is 328 g/mol. The van der Waals surface area contributed by atoms with Crippen molar-refractivity contribution < 1.29 is 19.6 Å². The van der Waals surface area contributed by atoms with Crippen molar-refractivity contribution in [3.8, 4) is 11.5 Å². The SMILES string of the molecule is O=C(O)c1cccc(Oc2c(Cl)cc([N+](=O)[O-])cc2Cl)c1. The van der Waals surface area contributed by atoms with E-state index < -0.39 is 10.9 Å². The Morgan fingerprint density at radius 2 is 1.81 bits per heavy atom. The Labute approximate surface area is 128 Å². The van der Waals surface area contributed by atoms with Crippen molar-refractivity contribution in [2.75, 3.05) is 0 Å². The number of ether oxygens (including phenoxy) is 1. The number of rotatable bonds is 4. The Morgan fingerprint density at radius 1 is 1.19 bits per heavy atom. The van der Waals surface area contributed by atoms with Crippen molar-refractivity contribution in [2.24, 2.45) is 0 Å². The molecule has 21 heavy (non-hydrogen) atoms. The highest BCUT2D eigenvalue weighted by Crippen LogP contribution is 2.39. The number of aromatic carboxylic acids is 1. The van der Waals surface area contributed by atoms with E-state index in [1.807, 2.05) is 0 Å². The lowest BCUT2D eigenvalue weighted by Gasteiger charge is -2.09. The zero-order chi connectivity index (χ0) is 15.6. The quantitative estimate of drug-likeness (QED) is 0.664. The van der Waals surface area contributed by atoms with Gasteiger partial charge in [-0.25, -0.2) is 4.79 Å². The number of non-ortho nitro benzene ring substituents is 1. The molecule has 1 N–H and O–H groups in total. The number of halogens is 2. The Kier molecular flexibility index (Phi) is 4.30. The predicted octanol–water partition coefficient (Wildman–Crippen LogP) is 4.39. The largest absolute Gasteiger partial charge is 0.478 e. The molecule has 2 aromatic rings. The third kappa shape index (κ3) is 3.42. The molecule has 0 saturated heterocycles. The van der Waals surface area contributed by atoms with Gasteiger partial charge in [-0.2, -0.15) is 0 Å². The molecule has 2 aromatic carbocycles. The van der Waals surface area contributed by atoms with E-state index in [-0.39, 0.29) is 32.8 Å². The van der Waals surface area contributed by atoms with Crippen molar-refractivity contribution >= 4 is 34.9 Å². The van der Waals surface area contributed by atoms with Crippen LogP contribution >= 0.6 is 23.2 Å². The van der Waals surface area contributed by atoms with Gasteiger partial charge >= 0.3 is 5.97 Å². The summed E-state index contributed by atoms with van der Waals surface area (Å²) < 4.78 is 5.42. The van der Waals surface area contributed by atoms with Gasteiger partial charge in [0.1, 0.15) is 5.75 Å². The normalized spacial score (nSPS) is 10.2. The maximum Gasteiger partial charge on any atom is 0.335 e. The molecular formula is C13H7Cl2NO5. The molecule has 108 valence electrons. The van der Waals surface area contributed by atoms with Crippen LogP contribution in [-0.4, -0.2) is 16.0 Å². The Hall–Kier alpha value is -2.31. The van der Waals surface area contributed by atoms with E-state index in [1.54, 1.807) is 0 Å². The Morgan fingerprint density at radius 3 is 2.33 bits per heavy atom. The number of hydrogen-bond acceptors (Lipinski definition) is 4. The van der Waals surface area contributed by atoms with Gasteiger partial charge in [0.15, 0.2) is 5.75 Å². The molecule has 0 saturated carbocycles. The molecule has 0 aromatic heterocycles. The van der Waals surface area contributed by atoms with E-state index in [0.29, 0.717) is 0 Å². The molecule has 0 aliphatic heterocycles. The van der Waals surface area contributed by atoms with Gasteiger partial charge in [0.05, 0.1) is 20.5 Å². The summed E-state index contributed by atoms with van der Waals surface area (Å²) in [5, 5.41) is 19.5. The highest BCUT2D eigenvalue weighted by atomic mass is 35.5. The fourth-order valence-corrected chi connectivity index (χ4v) is 2.11. The number of benzene rings is 2.